The monoisotopic (exact) mass is 253 g/mol. The minimum absolute atomic E-state index is 0.224. The Labute approximate surface area is 114 Å². The van der Waals surface area contributed by atoms with Crippen LogP contribution in [0.2, 0.25) is 0 Å². The van der Waals surface area contributed by atoms with E-state index in [1.165, 1.54) is 16.7 Å². The van der Waals surface area contributed by atoms with Crippen LogP contribution >= 0.6 is 0 Å². The second kappa shape index (κ2) is 5.55. The number of hydrogen-bond donors (Lipinski definition) is 2. The standard InChI is InChI=1S/C17H19NO/c19-11-10-17-15-9-5-4-8-14(15)16(12-18-17)13-6-2-1-3-7-13/h1-9,16-19H,10-12H2. The molecule has 98 valence electrons. The van der Waals surface area contributed by atoms with Gasteiger partial charge >= 0.3 is 0 Å². The Morgan fingerprint density at radius 1 is 0.947 bits per heavy atom. The van der Waals surface area contributed by atoms with E-state index in [0.29, 0.717) is 5.92 Å². The quantitative estimate of drug-likeness (QED) is 0.881. The van der Waals surface area contributed by atoms with E-state index >= 15 is 0 Å². The third-order valence-electron chi connectivity index (χ3n) is 3.93. The van der Waals surface area contributed by atoms with E-state index in [0.717, 1.165) is 13.0 Å². The highest BCUT2D eigenvalue weighted by Gasteiger charge is 2.26. The summed E-state index contributed by atoms with van der Waals surface area (Å²) in [7, 11) is 0. The Hall–Kier alpha value is -1.64. The molecule has 2 unspecified atom stereocenters. The molecule has 1 aliphatic heterocycles. The maximum absolute atomic E-state index is 9.19. The Bertz CT molecular complexity index is 538. The second-order valence-corrected chi connectivity index (χ2v) is 5.07. The predicted molar refractivity (Wildman–Crippen MR) is 77.2 cm³/mol. The largest absolute Gasteiger partial charge is 0.396 e. The lowest BCUT2D eigenvalue weighted by Crippen LogP contribution is -2.34. The number of nitrogens with one attached hydrogen (secondary N) is 1. The van der Waals surface area contributed by atoms with Gasteiger partial charge in [0.05, 0.1) is 0 Å². The molecule has 19 heavy (non-hydrogen) atoms. The molecule has 0 aromatic heterocycles. The first-order valence-electron chi connectivity index (χ1n) is 6.88. The molecule has 0 spiro atoms. The van der Waals surface area contributed by atoms with Gasteiger partial charge in [-0.25, -0.2) is 0 Å². The van der Waals surface area contributed by atoms with Crippen molar-refractivity contribution in [3.8, 4) is 0 Å². The molecule has 0 amide bonds. The fourth-order valence-electron chi connectivity index (χ4n) is 3.00. The summed E-state index contributed by atoms with van der Waals surface area (Å²) >= 11 is 0. The molecular formula is C17H19NO. The van der Waals surface area contributed by atoms with Crippen LogP contribution in [0, 0.1) is 0 Å². The van der Waals surface area contributed by atoms with Gasteiger partial charge in [-0.15, -0.1) is 0 Å². The number of benzene rings is 2. The fourth-order valence-corrected chi connectivity index (χ4v) is 3.00. The molecule has 2 aromatic carbocycles. The molecule has 0 radical (unpaired) electrons. The van der Waals surface area contributed by atoms with Crippen molar-refractivity contribution in [3.63, 3.8) is 0 Å². The van der Waals surface area contributed by atoms with Gasteiger partial charge in [-0.1, -0.05) is 54.6 Å². The highest BCUT2D eigenvalue weighted by atomic mass is 16.3. The molecule has 2 atom stereocenters. The van der Waals surface area contributed by atoms with Gasteiger partial charge in [0.2, 0.25) is 0 Å². The molecule has 0 aliphatic carbocycles. The van der Waals surface area contributed by atoms with Gasteiger partial charge in [0.25, 0.3) is 0 Å². The van der Waals surface area contributed by atoms with Crippen LogP contribution in [0.1, 0.15) is 35.1 Å². The average molecular weight is 253 g/mol. The maximum Gasteiger partial charge on any atom is 0.0449 e. The van der Waals surface area contributed by atoms with Crippen molar-refractivity contribution in [1.29, 1.82) is 0 Å². The molecule has 2 N–H and O–H groups in total. The van der Waals surface area contributed by atoms with E-state index in [4.69, 9.17) is 0 Å². The zero-order valence-electron chi connectivity index (χ0n) is 10.9. The van der Waals surface area contributed by atoms with Crippen LogP contribution in [-0.4, -0.2) is 18.3 Å². The molecule has 0 fully saturated rings. The number of fused-ring (bicyclic) bond motifs is 1. The van der Waals surface area contributed by atoms with Crippen molar-refractivity contribution < 1.29 is 5.11 Å². The molecule has 2 heteroatoms. The molecule has 0 bridgehead atoms. The molecule has 1 heterocycles. The lowest BCUT2D eigenvalue weighted by Gasteiger charge is -2.33. The van der Waals surface area contributed by atoms with E-state index in [-0.39, 0.29) is 12.6 Å². The van der Waals surface area contributed by atoms with Gasteiger partial charge in [-0.05, 0) is 23.1 Å². The van der Waals surface area contributed by atoms with Crippen LogP contribution in [0.5, 0.6) is 0 Å². The lowest BCUT2D eigenvalue weighted by molar-refractivity contribution is 0.261. The summed E-state index contributed by atoms with van der Waals surface area (Å²) in [5.74, 6) is 0.410. The third kappa shape index (κ3) is 2.42. The first-order chi connectivity index (χ1) is 9.40. The number of aliphatic hydroxyl groups excluding tert-OH is 1. The summed E-state index contributed by atoms with van der Waals surface area (Å²) in [5.41, 5.74) is 4.08. The van der Waals surface area contributed by atoms with E-state index in [1.807, 2.05) is 0 Å². The van der Waals surface area contributed by atoms with Gasteiger partial charge in [0.1, 0.15) is 0 Å². The molecular weight excluding hydrogens is 234 g/mol. The van der Waals surface area contributed by atoms with Crippen molar-refractivity contribution in [3.05, 3.63) is 71.3 Å². The first kappa shape index (κ1) is 12.4. The summed E-state index contributed by atoms with van der Waals surface area (Å²) in [6, 6.07) is 19.5. The average Bonchev–Trinajstić information content (AvgIpc) is 2.49. The summed E-state index contributed by atoms with van der Waals surface area (Å²) < 4.78 is 0. The van der Waals surface area contributed by atoms with Gasteiger partial charge in [-0.2, -0.15) is 0 Å². The fraction of sp³-hybridized carbons (Fsp3) is 0.294. The van der Waals surface area contributed by atoms with Crippen molar-refractivity contribution >= 4 is 0 Å². The summed E-state index contributed by atoms with van der Waals surface area (Å²) in [5, 5.41) is 12.8. The van der Waals surface area contributed by atoms with Gasteiger partial charge in [0, 0.05) is 25.1 Å². The van der Waals surface area contributed by atoms with Crippen LogP contribution in [0.15, 0.2) is 54.6 Å². The Morgan fingerprint density at radius 2 is 1.63 bits per heavy atom. The Kier molecular flexibility index (Phi) is 3.62. The normalized spacial score (nSPS) is 21.9. The molecule has 0 saturated carbocycles. The zero-order chi connectivity index (χ0) is 13.1. The Morgan fingerprint density at radius 3 is 2.37 bits per heavy atom. The first-order valence-corrected chi connectivity index (χ1v) is 6.88. The van der Waals surface area contributed by atoms with E-state index in [9.17, 15) is 5.11 Å². The molecule has 3 rings (SSSR count). The minimum atomic E-state index is 0.224. The molecule has 0 saturated heterocycles. The summed E-state index contributed by atoms with van der Waals surface area (Å²) in [6.07, 6.45) is 0.776. The number of rotatable bonds is 3. The third-order valence-corrected chi connectivity index (χ3v) is 3.93. The van der Waals surface area contributed by atoms with Crippen LogP contribution in [0.25, 0.3) is 0 Å². The SMILES string of the molecule is OCCC1NCC(c2ccccc2)c2ccccc21. The molecule has 2 aromatic rings. The zero-order valence-corrected chi connectivity index (χ0v) is 10.9. The summed E-state index contributed by atoms with van der Waals surface area (Å²) in [6.45, 7) is 1.16. The topological polar surface area (TPSA) is 32.3 Å². The van der Waals surface area contributed by atoms with Crippen molar-refractivity contribution in [1.82, 2.24) is 5.32 Å². The number of aliphatic hydroxyl groups is 1. The van der Waals surface area contributed by atoms with Crippen LogP contribution < -0.4 is 5.32 Å². The van der Waals surface area contributed by atoms with Gasteiger partial charge < -0.3 is 10.4 Å². The number of hydrogen-bond acceptors (Lipinski definition) is 2. The molecule has 2 nitrogen and oxygen atoms in total. The van der Waals surface area contributed by atoms with E-state index < -0.39 is 0 Å². The second-order valence-electron chi connectivity index (χ2n) is 5.07. The van der Waals surface area contributed by atoms with Crippen molar-refractivity contribution in [2.45, 2.75) is 18.4 Å². The van der Waals surface area contributed by atoms with Gasteiger partial charge in [-0.3, -0.25) is 0 Å². The predicted octanol–water partition coefficient (Wildman–Crippen LogP) is 2.85. The Balaban J connectivity index is 1.99. The molecule has 1 aliphatic rings. The van der Waals surface area contributed by atoms with E-state index in [2.05, 4.69) is 59.9 Å². The van der Waals surface area contributed by atoms with Gasteiger partial charge in [0.15, 0.2) is 0 Å². The van der Waals surface area contributed by atoms with Crippen LogP contribution in [-0.2, 0) is 0 Å². The van der Waals surface area contributed by atoms with Crippen molar-refractivity contribution in [2.75, 3.05) is 13.2 Å². The summed E-state index contributed by atoms with van der Waals surface area (Å²) in [4.78, 5) is 0. The van der Waals surface area contributed by atoms with Crippen LogP contribution in [0.4, 0.5) is 0 Å². The highest BCUT2D eigenvalue weighted by molar-refractivity contribution is 5.42. The minimum Gasteiger partial charge on any atom is -0.396 e. The maximum atomic E-state index is 9.19. The van der Waals surface area contributed by atoms with Crippen molar-refractivity contribution in [2.24, 2.45) is 0 Å². The van der Waals surface area contributed by atoms with E-state index in [1.54, 1.807) is 0 Å². The highest BCUT2D eigenvalue weighted by Crippen LogP contribution is 2.35. The lowest BCUT2D eigenvalue weighted by atomic mass is 9.82. The van der Waals surface area contributed by atoms with Crippen LogP contribution in [0.3, 0.4) is 0 Å². The smallest absolute Gasteiger partial charge is 0.0449 e.